The Bertz CT molecular complexity index is 422. The number of methoxy groups -OCH3 is 2. The van der Waals surface area contributed by atoms with E-state index < -0.39 is 0 Å². The zero-order chi connectivity index (χ0) is 15.7. The van der Waals surface area contributed by atoms with Crippen molar-refractivity contribution in [3.8, 4) is 0 Å². The van der Waals surface area contributed by atoms with Crippen molar-refractivity contribution in [2.75, 3.05) is 46.8 Å². The van der Waals surface area contributed by atoms with E-state index in [1.165, 1.54) is 0 Å². The van der Waals surface area contributed by atoms with Crippen LogP contribution in [0.4, 0.5) is 0 Å². The fraction of sp³-hybridized carbons (Fsp3) is 0.562. The third-order valence-corrected chi connectivity index (χ3v) is 4.12. The van der Waals surface area contributed by atoms with Crippen molar-refractivity contribution in [1.82, 2.24) is 4.90 Å². The monoisotopic (exact) mass is 311 g/mol. The first-order valence-corrected chi connectivity index (χ1v) is 8.24. The number of ether oxygens (including phenoxy) is 2. The van der Waals surface area contributed by atoms with Crippen molar-refractivity contribution in [3.63, 3.8) is 0 Å². The molecule has 1 atom stereocenters. The van der Waals surface area contributed by atoms with E-state index in [1.807, 2.05) is 30.5 Å². The number of benzene rings is 1. The first kappa shape index (κ1) is 18.2. The van der Waals surface area contributed by atoms with Crippen LogP contribution >= 0.6 is 11.8 Å². The molecule has 0 fully saturated rings. The van der Waals surface area contributed by atoms with Crippen LogP contribution in [0, 0.1) is 0 Å². The number of nitrogens with zero attached hydrogens (tertiary/aromatic N) is 1. The van der Waals surface area contributed by atoms with Crippen LogP contribution in [0.2, 0.25) is 0 Å². The molecule has 4 nitrogen and oxygen atoms in total. The molecule has 0 saturated heterocycles. The lowest BCUT2D eigenvalue weighted by atomic mass is 10.1. The maximum Gasteiger partial charge on any atom is 0.176 e. The Morgan fingerprint density at radius 1 is 1.24 bits per heavy atom. The van der Waals surface area contributed by atoms with Gasteiger partial charge in [-0.25, -0.2) is 0 Å². The molecule has 0 bridgehead atoms. The number of thioether (sulfide) groups is 1. The van der Waals surface area contributed by atoms with Gasteiger partial charge in [0.25, 0.3) is 0 Å². The van der Waals surface area contributed by atoms with Crippen LogP contribution in [-0.4, -0.2) is 63.5 Å². The number of hydrogen-bond donors (Lipinski definition) is 0. The molecule has 0 spiro atoms. The molecule has 0 aliphatic carbocycles. The minimum absolute atomic E-state index is 0.127. The first-order valence-electron chi connectivity index (χ1n) is 7.01. The first-order chi connectivity index (χ1) is 10.1. The molecular formula is C16H25NO3S. The molecule has 0 aliphatic heterocycles. The van der Waals surface area contributed by atoms with Crippen LogP contribution < -0.4 is 0 Å². The maximum absolute atomic E-state index is 12.4. The quantitative estimate of drug-likeness (QED) is 0.490. The molecule has 0 radical (unpaired) electrons. The van der Waals surface area contributed by atoms with Crippen LogP contribution in [0.15, 0.2) is 29.2 Å². The number of rotatable bonds is 10. The SMILES string of the molecule is COCCN(CC(=O)c1ccc(SC)cc1)C(C)COC. The Morgan fingerprint density at radius 2 is 1.90 bits per heavy atom. The zero-order valence-corrected chi connectivity index (χ0v) is 14.1. The predicted octanol–water partition coefficient (Wildman–Crippen LogP) is 2.57. The van der Waals surface area contributed by atoms with E-state index in [4.69, 9.17) is 9.47 Å². The highest BCUT2D eigenvalue weighted by Crippen LogP contribution is 2.15. The molecule has 118 valence electrons. The second kappa shape index (κ2) is 9.95. The van der Waals surface area contributed by atoms with Crippen molar-refractivity contribution < 1.29 is 14.3 Å². The van der Waals surface area contributed by atoms with E-state index in [-0.39, 0.29) is 11.8 Å². The molecule has 0 N–H and O–H groups in total. The lowest BCUT2D eigenvalue weighted by Crippen LogP contribution is -2.41. The highest BCUT2D eigenvalue weighted by molar-refractivity contribution is 7.98. The Labute approximate surface area is 131 Å². The molecule has 0 heterocycles. The molecular weight excluding hydrogens is 286 g/mol. The summed E-state index contributed by atoms with van der Waals surface area (Å²) in [4.78, 5) is 15.7. The van der Waals surface area contributed by atoms with Gasteiger partial charge in [-0.1, -0.05) is 12.1 Å². The number of hydrogen-bond acceptors (Lipinski definition) is 5. The van der Waals surface area contributed by atoms with Crippen molar-refractivity contribution in [1.29, 1.82) is 0 Å². The van der Waals surface area contributed by atoms with E-state index in [9.17, 15) is 4.79 Å². The third kappa shape index (κ3) is 6.18. The summed E-state index contributed by atoms with van der Waals surface area (Å²) in [6.45, 7) is 4.36. The van der Waals surface area contributed by atoms with Crippen LogP contribution in [0.25, 0.3) is 0 Å². The van der Waals surface area contributed by atoms with E-state index >= 15 is 0 Å². The standard InChI is InChI=1S/C16H25NO3S/c1-13(12-20-3)17(9-10-19-2)11-16(18)14-5-7-15(21-4)8-6-14/h5-8,13H,9-12H2,1-4H3. The van der Waals surface area contributed by atoms with Gasteiger partial charge in [0.2, 0.25) is 0 Å². The molecule has 1 unspecified atom stereocenters. The molecule has 5 heteroatoms. The molecule has 0 amide bonds. The van der Waals surface area contributed by atoms with Gasteiger partial charge in [-0.3, -0.25) is 9.69 Å². The second-order valence-electron chi connectivity index (χ2n) is 4.92. The van der Waals surface area contributed by atoms with Gasteiger partial charge >= 0.3 is 0 Å². The van der Waals surface area contributed by atoms with Crippen LogP contribution in [0.1, 0.15) is 17.3 Å². The number of carbonyl (C=O) groups excluding carboxylic acids is 1. The van der Waals surface area contributed by atoms with E-state index in [2.05, 4.69) is 11.8 Å². The normalized spacial score (nSPS) is 12.6. The Morgan fingerprint density at radius 3 is 2.43 bits per heavy atom. The summed E-state index contributed by atoms with van der Waals surface area (Å²) >= 11 is 1.67. The van der Waals surface area contributed by atoms with Crippen molar-refractivity contribution in [2.24, 2.45) is 0 Å². The van der Waals surface area contributed by atoms with Gasteiger partial charge in [-0.05, 0) is 25.3 Å². The molecule has 0 aromatic heterocycles. The van der Waals surface area contributed by atoms with E-state index in [0.717, 1.165) is 17.0 Å². The van der Waals surface area contributed by atoms with Crippen molar-refractivity contribution in [3.05, 3.63) is 29.8 Å². The molecule has 0 saturated carbocycles. The van der Waals surface area contributed by atoms with Crippen molar-refractivity contribution in [2.45, 2.75) is 17.9 Å². The zero-order valence-electron chi connectivity index (χ0n) is 13.3. The minimum Gasteiger partial charge on any atom is -0.383 e. The van der Waals surface area contributed by atoms with Gasteiger partial charge in [0.1, 0.15) is 0 Å². The average molecular weight is 311 g/mol. The highest BCUT2D eigenvalue weighted by Gasteiger charge is 2.18. The lowest BCUT2D eigenvalue weighted by Gasteiger charge is -2.27. The molecule has 1 rings (SSSR count). The Balaban J connectivity index is 2.68. The summed E-state index contributed by atoms with van der Waals surface area (Å²) < 4.78 is 10.3. The molecule has 1 aromatic carbocycles. The molecule has 0 aliphatic rings. The minimum atomic E-state index is 0.127. The summed E-state index contributed by atoms with van der Waals surface area (Å²) in [5.41, 5.74) is 0.750. The van der Waals surface area contributed by atoms with Crippen LogP contribution in [0.3, 0.4) is 0 Å². The summed E-state index contributed by atoms with van der Waals surface area (Å²) in [5.74, 6) is 0.127. The van der Waals surface area contributed by atoms with Crippen molar-refractivity contribution >= 4 is 17.5 Å². The lowest BCUT2D eigenvalue weighted by molar-refractivity contribution is 0.0651. The summed E-state index contributed by atoms with van der Waals surface area (Å²) in [6, 6.07) is 7.93. The van der Waals surface area contributed by atoms with Gasteiger partial charge in [-0.2, -0.15) is 0 Å². The fourth-order valence-corrected chi connectivity index (χ4v) is 2.47. The Hall–Kier alpha value is -0.880. The second-order valence-corrected chi connectivity index (χ2v) is 5.80. The third-order valence-electron chi connectivity index (χ3n) is 3.37. The smallest absolute Gasteiger partial charge is 0.176 e. The number of carbonyl (C=O) groups is 1. The number of ketones is 1. The average Bonchev–Trinajstić information content (AvgIpc) is 2.51. The predicted molar refractivity (Wildman–Crippen MR) is 87.3 cm³/mol. The molecule has 1 aromatic rings. The van der Waals surface area contributed by atoms with E-state index in [0.29, 0.717) is 19.8 Å². The number of Topliss-reactive ketones (excluding diaryl/α,β-unsaturated/α-hetero) is 1. The summed E-state index contributed by atoms with van der Waals surface area (Å²) in [6.07, 6.45) is 2.02. The fourth-order valence-electron chi connectivity index (χ4n) is 2.06. The highest BCUT2D eigenvalue weighted by atomic mass is 32.2. The largest absolute Gasteiger partial charge is 0.383 e. The Kier molecular flexibility index (Phi) is 8.61. The van der Waals surface area contributed by atoms with Gasteiger partial charge in [0.05, 0.1) is 19.8 Å². The summed E-state index contributed by atoms with van der Waals surface area (Å²) in [7, 11) is 3.34. The topological polar surface area (TPSA) is 38.8 Å². The van der Waals surface area contributed by atoms with Gasteiger partial charge < -0.3 is 9.47 Å². The van der Waals surface area contributed by atoms with E-state index in [1.54, 1.807) is 26.0 Å². The van der Waals surface area contributed by atoms with Crippen LogP contribution in [-0.2, 0) is 9.47 Å². The van der Waals surface area contributed by atoms with Gasteiger partial charge in [-0.15, -0.1) is 11.8 Å². The molecule has 21 heavy (non-hydrogen) atoms. The van der Waals surface area contributed by atoms with Crippen LogP contribution in [0.5, 0.6) is 0 Å². The van der Waals surface area contributed by atoms with Gasteiger partial charge in [0.15, 0.2) is 5.78 Å². The summed E-state index contributed by atoms with van der Waals surface area (Å²) in [5, 5.41) is 0. The maximum atomic E-state index is 12.4. The van der Waals surface area contributed by atoms with Gasteiger partial charge in [0, 0.05) is 37.3 Å².